The molecule has 4 rings (SSSR count). The van der Waals surface area contributed by atoms with Crippen molar-refractivity contribution in [2.75, 3.05) is 18.9 Å². The normalized spacial score (nSPS) is 15.8. The molecule has 0 saturated heterocycles. The van der Waals surface area contributed by atoms with Gasteiger partial charge in [0.05, 0.1) is 28.4 Å². The van der Waals surface area contributed by atoms with Gasteiger partial charge >= 0.3 is 0 Å². The zero-order valence-corrected chi connectivity index (χ0v) is 20.1. The number of nitriles is 1. The van der Waals surface area contributed by atoms with Crippen LogP contribution < -0.4 is 5.32 Å². The standard InChI is InChI=1S/C25H31N5OS/c1-16-17(2)30(19-10-6-5-7-11-19)24(20(16)14-26)28-23(31)15-29(4)18(3)25-27-21-12-8-9-13-22(21)32-25/h8-9,12-13,18-19H,5-7,10-11,15H2,1-4H3,(H,28,31)/t18-/m1/s1. The fourth-order valence-electron chi connectivity index (χ4n) is 4.67. The van der Waals surface area contributed by atoms with Crippen molar-refractivity contribution in [1.29, 1.82) is 5.26 Å². The molecule has 168 valence electrons. The van der Waals surface area contributed by atoms with Gasteiger partial charge in [0.25, 0.3) is 0 Å². The number of rotatable bonds is 6. The average Bonchev–Trinajstić information content (AvgIpc) is 3.32. The first-order chi connectivity index (χ1) is 15.4. The molecular weight excluding hydrogens is 418 g/mol. The Balaban J connectivity index is 1.52. The maximum atomic E-state index is 13.1. The van der Waals surface area contributed by atoms with Gasteiger partial charge < -0.3 is 9.88 Å². The molecule has 7 heteroatoms. The third-order valence-corrected chi connectivity index (χ3v) is 7.99. The molecule has 0 bridgehead atoms. The lowest BCUT2D eigenvalue weighted by atomic mass is 9.95. The van der Waals surface area contributed by atoms with Crippen LogP contribution >= 0.6 is 11.3 Å². The number of nitrogens with zero attached hydrogens (tertiary/aromatic N) is 4. The second-order valence-corrected chi connectivity index (χ2v) is 9.93. The molecule has 0 radical (unpaired) electrons. The number of thiazole rings is 1. The number of para-hydroxylation sites is 1. The van der Waals surface area contributed by atoms with Crippen LogP contribution in [0.1, 0.15) is 72.9 Å². The SMILES string of the molecule is Cc1c(C#N)c(NC(=O)CN(C)[C@H](C)c2nc3ccccc3s2)n(C2CCCCC2)c1C. The van der Waals surface area contributed by atoms with Crippen molar-refractivity contribution in [3.63, 3.8) is 0 Å². The molecule has 2 aromatic heterocycles. The van der Waals surface area contributed by atoms with Crippen molar-refractivity contribution in [2.24, 2.45) is 0 Å². The predicted molar refractivity (Wildman–Crippen MR) is 130 cm³/mol. The Labute approximate surface area is 193 Å². The molecule has 6 nitrogen and oxygen atoms in total. The second kappa shape index (κ2) is 9.43. The summed E-state index contributed by atoms with van der Waals surface area (Å²) in [6, 6.07) is 10.8. The molecule has 3 aromatic rings. The van der Waals surface area contributed by atoms with Gasteiger partial charge in [-0.3, -0.25) is 9.69 Å². The quantitative estimate of drug-likeness (QED) is 0.522. The summed E-state index contributed by atoms with van der Waals surface area (Å²) in [5.41, 5.74) is 3.62. The van der Waals surface area contributed by atoms with Crippen molar-refractivity contribution in [3.8, 4) is 6.07 Å². The second-order valence-electron chi connectivity index (χ2n) is 8.87. The van der Waals surface area contributed by atoms with E-state index in [4.69, 9.17) is 4.98 Å². The zero-order chi connectivity index (χ0) is 22.8. The Morgan fingerprint density at radius 2 is 2.03 bits per heavy atom. The van der Waals surface area contributed by atoms with E-state index in [1.807, 2.05) is 37.1 Å². The summed E-state index contributed by atoms with van der Waals surface area (Å²) < 4.78 is 3.36. The fourth-order valence-corrected chi connectivity index (χ4v) is 5.76. The Hall–Kier alpha value is -2.69. The average molecular weight is 450 g/mol. The summed E-state index contributed by atoms with van der Waals surface area (Å²) in [7, 11) is 1.94. The van der Waals surface area contributed by atoms with E-state index in [0.29, 0.717) is 17.4 Å². The fraction of sp³-hybridized carbons (Fsp3) is 0.480. The number of hydrogen-bond donors (Lipinski definition) is 1. The minimum atomic E-state index is -0.105. The summed E-state index contributed by atoms with van der Waals surface area (Å²) in [6.07, 6.45) is 5.84. The van der Waals surface area contributed by atoms with Gasteiger partial charge in [-0.15, -0.1) is 11.3 Å². The van der Waals surface area contributed by atoms with E-state index < -0.39 is 0 Å². The summed E-state index contributed by atoms with van der Waals surface area (Å²) in [6.45, 7) is 6.34. The largest absolute Gasteiger partial charge is 0.327 e. The summed E-state index contributed by atoms with van der Waals surface area (Å²) in [5, 5.41) is 13.9. The van der Waals surface area contributed by atoms with E-state index in [0.717, 1.165) is 39.3 Å². The van der Waals surface area contributed by atoms with E-state index in [2.05, 4.69) is 35.9 Å². The molecule has 1 aromatic carbocycles. The van der Waals surface area contributed by atoms with Crippen LogP contribution in [0, 0.1) is 25.2 Å². The Bertz CT molecular complexity index is 1130. The molecular formula is C25H31N5OS. The molecule has 1 aliphatic carbocycles. The summed E-state index contributed by atoms with van der Waals surface area (Å²) in [5.74, 6) is 0.562. The van der Waals surface area contributed by atoms with Gasteiger partial charge in [0.2, 0.25) is 5.91 Å². The van der Waals surface area contributed by atoms with E-state index in [-0.39, 0.29) is 18.5 Å². The lowest BCUT2D eigenvalue weighted by Crippen LogP contribution is -2.33. The predicted octanol–water partition coefficient (Wildman–Crippen LogP) is 5.72. The first-order valence-corrected chi connectivity index (χ1v) is 12.2. The van der Waals surface area contributed by atoms with E-state index in [1.54, 1.807) is 11.3 Å². The molecule has 1 saturated carbocycles. The minimum absolute atomic E-state index is 0.0159. The van der Waals surface area contributed by atoms with Crippen LogP contribution in [0.15, 0.2) is 24.3 Å². The molecule has 1 fully saturated rings. The molecule has 1 amide bonds. The van der Waals surface area contributed by atoms with Crippen LogP contribution in [-0.4, -0.2) is 34.0 Å². The van der Waals surface area contributed by atoms with Crippen molar-refractivity contribution in [3.05, 3.63) is 46.1 Å². The number of aromatic nitrogens is 2. The third kappa shape index (κ3) is 4.30. The van der Waals surface area contributed by atoms with Gasteiger partial charge in [0, 0.05) is 11.7 Å². The first kappa shape index (κ1) is 22.5. The summed E-state index contributed by atoms with van der Waals surface area (Å²) >= 11 is 1.67. The van der Waals surface area contributed by atoms with Crippen molar-refractivity contribution < 1.29 is 4.79 Å². The molecule has 32 heavy (non-hydrogen) atoms. The third-order valence-electron chi connectivity index (χ3n) is 6.79. The number of fused-ring (bicyclic) bond motifs is 1. The molecule has 0 spiro atoms. The lowest BCUT2D eigenvalue weighted by molar-refractivity contribution is -0.117. The van der Waals surface area contributed by atoms with E-state index >= 15 is 0 Å². The number of carbonyl (C=O) groups is 1. The van der Waals surface area contributed by atoms with Crippen LogP contribution in [0.3, 0.4) is 0 Å². The molecule has 1 N–H and O–H groups in total. The van der Waals surface area contributed by atoms with Gasteiger partial charge in [-0.2, -0.15) is 5.26 Å². The van der Waals surface area contributed by atoms with E-state index in [9.17, 15) is 10.1 Å². The summed E-state index contributed by atoms with van der Waals surface area (Å²) in [4.78, 5) is 19.8. The number of anilines is 1. The van der Waals surface area contributed by atoms with E-state index in [1.165, 1.54) is 19.3 Å². The van der Waals surface area contributed by atoms with Crippen LogP contribution in [0.4, 0.5) is 5.82 Å². The number of likely N-dealkylation sites (N-methyl/N-ethyl adjacent to an activating group) is 1. The molecule has 2 heterocycles. The Morgan fingerprint density at radius 3 is 2.72 bits per heavy atom. The number of nitrogens with one attached hydrogen (secondary N) is 1. The highest BCUT2D eigenvalue weighted by atomic mass is 32.1. The highest BCUT2D eigenvalue weighted by Gasteiger charge is 2.26. The van der Waals surface area contributed by atoms with Gasteiger partial charge in [-0.1, -0.05) is 31.4 Å². The maximum Gasteiger partial charge on any atom is 0.239 e. The van der Waals surface area contributed by atoms with Crippen molar-refractivity contribution in [1.82, 2.24) is 14.5 Å². The molecule has 0 aliphatic heterocycles. The first-order valence-electron chi connectivity index (χ1n) is 11.4. The van der Waals surface area contributed by atoms with Gasteiger partial charge in [-0.25, -0.2) is 4.98 Å². The smallest absolute Gasteiger partial charge is 0.239 e. The maximum absolute atomic E-state index is 13.1. The minimum Gasteiger partial charge on any atom is -0.327 e. The lowest BCUT2D eigenvalue weighted by Gasteiger charge is -2.27. The molecule has 1 aliphatic rings. The molecule has 0 unspecified atom stereocenters. The number of hydrogen-bond acceptors (Lipinski definition) is 5. The van der Waals surface area contributed by atoms with Crippen molar-refractivity contribution in [2.45, 2.75) is 65.0 Å². The van der Waals surface area contributed by atoms with Crippen LogP contribution in [0.2, 0.25) is 0 Å². The topological polar surface area (TPSA) is 74.0 Å². The highest BCUT2D eigenvalue weighted by Crippen LogP contribution is 2.37. The van der Waals surface area contributed by atoms with Crippen LogP contribution in [0.25, 0.3) is 10.2 Å². The number of benzene rings is 1. The number of carbonyl (C=O) groups excluding carboxylic acids is 1. The van der Waals surface area contributed by atoms with Crippen molar-refractivity contribution >= 4 is 33.3 Å². The Morgan fingerprint density at radius 1 is 1.31 bits per heavy atom. The van der Waals surface area contributed by atoms with Gasteiger partial charge in [0.1, 0.15) is 16.9 Å². The zero-order valence-electron chi connectivity index (χ0n) is 19.3. The highest BCUT2D eigenvalue weighted by molar-refractivity contribution is 7.18. The molecule has 1 atom stereocenters. The monoisotopic (exact) mass is 449 g/mol. The van der Waals surface area contributed by atoms with Crippen LogP contribution in [-0.2, 0) is 4.79 Å². The van der Waals surface area contributed by atoms with Crippen LogP contribution in [0.5, 0.6) is 0 Å². The van der Waals surface area contributed by atoms with Gasteiger partial charge in [-0.05, 0) is 58.4 Å². The number of amides is 1. The Kier molecular flexibility index (Phi) is 6.63. The van der Waals surface area contributed by atoms with Gasteiger partial charge in [0.15, 0.2) is 0 Å².